The van der Waals surface area contributed by atoms with Crippen molar-refractivity contribution in [1.82, 2.24) is 25.1 Å². The molecule has 0 saturated carbocycles. The predicted octanol–water partition coefficient (Wildman–Crippen LogP) is 2.27. The van der Waals surface area contributed by atoms with E-state index < -0.39 is 0 Å². The molecule has 2 aromatic heterocycles. The minimum atomic E-state index is 0.493. The van der Waals surface area contributed by atoms with Gasteiger partial charge in [-0.05, 0) is 25.1 Å². The zero-order chi connectivity index (χ0) is 11.5. The van der Waals surface area contributed by atoms with Gasteiger partial charge in [-0.3, -0.25) is 5.10 Å². The van der Waals surface area contributed by atoms with Gasteiger partial charge in [-0.15, -0.1) is 5.10 Å². The van der Waals surface area contributed by atoms with Crippen molar-refractivity contribution in [2.75, 3.05) is 0 Å². The molecule has 1 N–H and O–H groups in total. The van der Waals surface area contributed by atoms with Crippen molar-refractivity contribution in [2.45, 2.75) is 30.5 Å². The van der Waals surface area contributed by atoms with Crippen molar-refractivity contribution in [3.8, 4) is 0 Å². The molecule has 2 aromatic rings. The van der Waals surface area contributed by atoms with Crippen LogP contribution in [0.4, 0.5) is 0 Å². The number of aryl methyl sites for hydroxylation is 1. The largest absolute Gasteiger partial charge is 0.262 e. The first-order valence-electron chi connectivity index (χ1n) is 4.77. The van der Waals surface area contributed by atoms with E-state index in [2.05, 4.69) is 25.1 Å². The summed E-state index contributed by atoms with van der Waals surface area (Å²) in [7, 11) is 0. The Morgan fingerprint density at radius 1 is 1.44 bits per heavy atom. The van der Waals surface area contributed by atoms with Gasteiger partial charge in [0.2, 0.25) is 5.16 Å². The van der Waals surface area contributed by atoms with E-state index in [9.17, 15) is 0 Å². The molecule has 5 nitrogen and oxygen atoms in total. The van der Waals surface area contributed by atoms with Gasteiger partial charge in [-0.2, -0.15) is 0 Å². The third-order valence-electron chi connectivity index (χ3n) is 1.97. The van der Waals surface area contributed by atoms with Crippen LogP contribution in [0.2, 0.25) is 5.15 Å². The lowest BCUT2D eigenvalue weighted by Gasteiger charge is -2.04. The zero-order valence-electron chi connectivity index (χ0n) is 8.86. The highest BCUT2D eigenvalue weighted by Crippen LogP contribution is 2.28. The molecule has 7 heteroatoms. The molecule has 0 aliphatic heterocycles. The van der Waals surface area contributed by atoms with Gasteiger partial charge in [0.1, 0.15) is 22.3 Å². The molecule has 16 heavy (non-hydrogen) atoms. The molecule has 84 valence electrons. The molecular formula is C9H10ClN5S. The van der Waals surface area contributed by atoms with Crippen LogP contribution in [0, 0.1) is 6.92 Å². The quantitative estimate of drug-likeness (QED) is 0.853. The summed E-state index contributed by atoms with van der Waals surface area (Å²) in [5, 5.41) is 8.76. The van der Waals surface area contributed by atoms with Crippen molar-refractivity contribution in [3.63, 3.8) is 0 Å². The molecule has 0 fully saturated rings. The van der Waals surface area contributed by atoms with Gasteiger partial charge in [0.25, 0.3) is 0 Å². The third-order valence-corrected chi connectivity index (χ3v) is 3.21. The molecular weight excluding hydrogens is 246 g/mol. The second kappa shape index (κ2) is 4.80. The van der Waals surface area contributed by atoms with Crippen LogP contribution in [0.15, 0.2) is 16.5 Å². The fraction of sp³-hybridized carbons (Fsp3) is 0.333. The van der Waals surface area contributed by atoms with E-state index in [0.717, 1.165) is 22.8 Å². The average Bonchev–Trinajstić information content (AvgIpc) is 2.64. The number of aromatic amines is 1. The van der Waals surface area contributed by atoms with Gasteiger partial charge >= 0.3 is 0 Å². The van der Waals surface area contributed by atoms with E-state index in [0.29, 0.717) is 10.3 Å². The first kappa shape index (κ1) is 11.3. The van der Waals surface area contributed by atoms with Gasteiger partial charge in [0.05, 0.1) is 0 Å². The Balaban J connectivity index is 2.30. The summed E-state index contributed by atoms with van der Waals surface area (Å²) in [4.78, 5) is 12.3. The van der Waals surface area contributed by atoms with Crippen molar-refractivity contribution in [3.05, 3.63) is 22.9 Å². The molecule has 0 unspecified atom stereocenters. The summed E-state index contributed by atoms with van der Waals surface area (Å²) in [5.41, 5.74) is 0.927. The predicted molar refractivity (Wildman–Crippen MR) is 61.7 cm³/mol. The minimum Gasteiger partial charge on any atom is -0.262 e. The molecule has 0 spiro atoms. The third kappa shape index (κ3) is 2.33. The maximum atomic E-state index is 5.99. The summed E-state index contributed by atoms with van der Waals surface area (Å²) in [6.07, 6.45) is 2.23. The van der Waals surface area contributed by atoms with Crippen molar-refractivity contribution in [2.24, 2.45) is 0 Å². The van der Waals surface area contributed by atoms with E-state index in [1.165, 1.54) is 18.1 Å². The van der Waals surface area contributed by atoms with Gasteiger partial charge in [-0.25, -0.2) is 15.0 Å². The maximum absolute atomic E-state index is 5.99. The normalized spacial score (nSPS) is 10.7. The van der Waals surface area contributed by atoms with Crippen LogP contribution in [0.3, 0.4) is 0 Å². The molecule has 0 saturated heterocycles. The molecule has 0 aromatic carbocycles. The van der Waals surface area contributed by atoms with Crippen molar-refractivity contribution < 1.29 is 0 Å². The number of hydrogen-bond acceptors (Lipinski definition) is 5. The van der Waals surface area contributed by atoms with Crippen LogP contribution >= 0.6 is 23.4 Å². The Labute approximate surface area is 102 Å². The first-order chi connectivity index (χ1) is 7.70. The molecule has 0 atom stereocenters. The molecule has 0 amide bonds. The van der Waals surface area contributed by atoms with Crippen molar-refractivity contribution in [1.29, 1.82) is 0 Å². The van der Waals surface area contributed by atoms with Crippen LogP contribution in [-0.2, 0) is 6.42 Å². The summed E-state index contributed by atoms with van der Waals surface area (Å²) in [6, 6.07) is 0. The number of rotatable bonds is 3. The highest BCUT2D eigenvalue weighted by molar-refractivity contribution is 7.99. The Morgan fingerprint density at radius 3 is 2.88 bits per heavy atom. The minimum absolute atomic E-state index is 0.493. The average molecular weight is 256 g/mol. The van der Waals surface area contributed by atoms with Crippen LogP contribution in [0.5, 0.6) is 0 Å². The highest BCUT2D eigenvalue weighted by atomic mass is 35.5. The van der Waals surface area contributed by atoms with E-state index in [-0.39, 0.29) is 0 Å². The first-order valence-corrected chi connectivity index (χ1v) is 5.96. The molecule has 0 aliphatic rings. The Kier molecular flexibility index (Phi) is 3.40. The number of nitrogens with one attached hydrogen (secondary N) is 1. The summed E-state index contributed by atoms with van der Waals surface area (Å²) in [6.45, 7) is 3.86. The van der Waals surface area contributed by atoms with Crippen molar-refractivity contribution >= 4 is 23.4 Å². The summed E-state index contributed by atoms with van der Waals surface area (Å²) < 4.78 is 0. The number of nitrogens with zero attached hydrogens (tertiary/aromatic N) is 4. The lowest BCUT2D eigenvalue weighted by molar-refractivity contribution is 0.926. The monoisotopic (exact) mass is 255 g/mol. The van der Waals surface area contributed by atoms with E-state index in [4.69, 9.17) is 11.6 Å². The zero-order valence-corrected chi connectivity index (χ0v) is 10.4. The lowest BCUT2D eigenvalue weighted by Crippen LogP contribution is -1.94. The Hall–Kier alpha value is -1.14. The van der Waals surface area contributed by atoms with E-state index in [1.54, 1.807) is 0 Å². The maximum Gasteiger partial charge on any atom is 0.214 e. The molecule has 0 aliphatic carbocycles. The lowest BCUT2D eigenvalue weighted by atomic mass is 10.3. The Bertz CT molecular complexity index is 498. The molecule has 0 bridgehead atoms. The number of halogens is 1. The van der Waals surface area contributed by atoms with E-state index >= 15 is 0 Å². The molecule has 2 heterocycles. The fourth-order valence-electron chi connectivity index (χ4n) is 1.22. The Morgan fingerprint density at radius 2 is 2.25 bits per heavy atom. The number of H-pyrrole nitrogens is 1. The number of aromatic nitrogens is 5. The van der Waals surface area contributed by atoms with Crippen LogP contribution < -0.4 is 0 Å². The standard InChI is InChI=1S/C9H10ClN5S/c1-3-6-7(10)11-4-12-8(6)16-9-13-5(2)14-15-9/h4H,3H2,1-2H3,(H,13,14,15). The van der Waals surface area contributed by atoms with E-state index in [1.807, 2.05) is 13.8 Å². The summed E-state index contributed by atoms with van der Waals surface area (Å²) in [5.74, 6) is 0.778. The SMILES string of the molecule is CCc1c(Cl)ncnc1Sc1n[nH]c(C)n1. The van der Waals surface area contributed by atoms with Gasteiger partial charge in [-0.1, -0.05) is 18.5 Å². The van der Waals surface area contributed by atoms with Gasteiger partial charge in [0, 0.05) is 5.56 Å². The summed E-state index contributed by atoms with van der Waals surface area (Å²) >= 11 is 7.37. The second-order valence-electron chi connectivity index (χ2n) is 3.11. The van der Waals surface area contributed by atoms with Gasteiger partial charge in [0.15, 0.2) is 0 Å². The molecule has 0 radical (unpaired) electrons. The van der Waals surface area contributed by atoms with Crippen LogP contribution in [0.1, 0.15) is 18.3 Å². The smallest absolute Gasteiger partial charge is 0.214 e. The van der Waals surface area contributed by atoms with Crippen LogP contribution in [0.25, 0.3) is 0 Å². The second-order valence-corrected chi connectivity index (χ2v) is 4.42. The number of hydrogen-bond donors (Lipinski definition) is 1. The van der Waals surface area contributed by atoms with Crippen LogP contribution in [-0.4, -0.2) is 25.1 Å². The molecule has 2 rings (SSSR count). The topological polar surface area (TPSA) is 67.3 Å². The fourth-order valence-corrected chi connectivity index (χ4v) is 2.45. The highest BCUT2D eigenvalue weighted by Gasteiger charge is 2.11. The van der Waals surface area contributed by atoms with Gasteiger partial charge < -0.3 is 0 Å².